The van der Waals surface area contributed by atoms with E-state index in [0.717, 1.165) is 12.2 Å². The highest BCUT2D eigenvalue weighted by molar-refractivity contribution is 5.17. The Labute approximate surface area is 92.0 Å². The van der Waals surface area contributed by atoms with Crippen LogP contribution < -0.4 is 11.3 Å². The van der Waals surface area contributed by atoms with Gasteiger partial charge in [0.05, 0.1) is 12.3 Å². The summed E-state index contributed by atoms with van der Waals surface area (Å²) in [6.45, 7) is 4.27. The zero-order valence-electron chi connectivity index (χ0n) is 9.75. The van der Waals surface area contributed by atoms with Gasteiger partial charge in [-0.2, -0.15) is 0 Å². The van der Waals surface area contributed by atoms with Gasteiger partial charge in [-0.25, -0.2) is 5.43 Å². The summed E-state index contributed by atoms with van der Waals surface area (Å²) >= 11 is 0. The minimum atomic E-state index is 0.164. The lowest BCUT2D eigenvalue weighted by atomic mass is 10.0. The van der Waals surface area contributed by atoms with Crippen LogP contribution in [0.5, 0.6) is 0 Å². The maximum atomic E-state index is 5.54. The molecule has 1 atom stereocenters. The lowest BCUT2D eigenvalue weighted by molar-refractivity contribution is 0.387. The third-order valence-corrected chi connectivity index (χ3v) is 2.77. The highest BCUT2D eigenvalue weighted by Crippen LogP contribution is 2.23. The second-order valence-electron chi connectivity index (χ2n) is 4.04. The summed E-state index contributed by atoms with van der Waals surface area (Å²) < 4.78 is 5.43. The van der Waals surface area contributed by atoms with E-state index in [0.29, 0.717) is 0 Å². The summed E-state index contributed by atoms with van der Waals surface area (Å²) in [6, 6.07) is 2.14. The molecule has 3 nitrogen and oxygen atoms in total. The summed E-state index contributed by atoms with van der Waals surface area (Å²) in [6.07, 6.45) is 7.80. The van der Waals surface area contributed by atoms with Crippen LogP contribution in [0.2, 0.25) is 0 Å². The van der Waals surface area contributed by atoms with Crippen molar-refractivity contribution >= 4 is 0 Å². The van der Waals surface area contributed by atoms with E-state index in [2.05, 4.69) is 19.3 Å². The second-order valence-corrected chi connectivity index (χ2v) is 4.04. The number of nitrogens with two attached hydrogens (primary N) is 1. The maximum Gasteiger partial charge on any atom is 0.124 e. The van der Waals surface area contributed by atoms with E-state index in [1.807, 2.05) is 6.07 Å². The summed E-state index contributed by atoms with van der Waals surface area (Å²) in [5.41, 5.74) is 4.00. The maximum absolute atomic E-state index is 5.54. The Hall–Kier alpha value is -0.800. The van der Waals surface area contributed by atoms with Crippen molar-refractivity contribution in [3.05, 3.63) is 23.7 Å². The lowest BCUT2D eigenvalue weighted by Crippen LogP contribution is -2.28. The molecule has 0 saturated heterocycles. The number of furan rings is 1. The molecule has 15 heavy (non-hydrogen) atoms. The molecule has 0 aliphatic heterocycles. The molecule has 0 bridgehead atoms. The molecule has 0 aromatic carbocycles. The zero-order chi connectivity index (χ0) is 11.1. The van der Waals surface area contributed by atoms with Crippen LogP contribution in [0.25, 0.3) is 0 Å². The molecule has 0 fully saturated rings. The Morgan fingerprint density at radius 3 is 2.73 bits per heavy atom. The van der Waals surface area contributed by atoms with E-state index in [9.17, 15) is 0 Å². The first-order valence-corrected chi connectivity index (χ1v) is 5.79. The van der Waals surface area contributed by atoms with E-state index in [4.69, 9.17) is 10.3 Å². The largest absolute Gasteiger partial charge is 0.467 e. The molecule has 1 aromatic heterocycles. The van der Waals surface area contributed by atoms with Crippen molar-refractivity contribution in [3.8, 4) is 0 Å². The molecule has 1 rings (SSSR count). The van der Waals surface area contributed by atoms with Crippen LogP contribution in [0.15, 0.2) is 16.7 Å². The number of hydrogen-bond acceptors (Lipinski definition) is 3. The Morgan fingerprint density at radius 2 is 2.20 bits per heavy atom. The monoisotopic (exact) mass is 210 g/mol. The average molecular weight is 210 g/mol. The van der Waals surface area contributed by atoms with E-state index < -0.39 is 0 Å². The molecule has 3 N–H and O–H groups in total. The van der Waals surface area contributed by atoms with Gasteiger partial charge in [-0.1, -0.05) is 32.6 Å². The first kappa shape index (κ1) is 12.3. The van der Waals surface area contributed by atoms with Crippen LogP contribution in [0.1, 0.15) is 56.4 Å². The van der Waals surface area contributed by atoms with Crippen LogP contribution in [0.3, 0.4) is 0 Å². The van der Waals surface area contributed by atoms with Gasteiger partial charge in [0.2, 0.25) is 0 Å². The Kier molecular flexibility index (Phi) is 5.43. The van der Waals surface area contributed by atoms with Crippen molar-refractivity contribution in [2.45, 2.75) is 52.0 Å². The molecular weight excluding hydrogens is 188 g/mol. The van der Waals surface area contributed by atoms with E-state index in [1.54, 1.807) is 6.26 Å². The fraction of sp³-hybridized carbons (Fsp3) is 0.667. The fourth-order valence-corrected chi connectivity index (χ4v) is 1.81. The van der Waals surface area contributed by atoms with Gasteiger partial charge < -0.3 is 4.42 Å². The Balaban J connectivity index is 2.39. The SMILES string of the molecule is CCCCCCC(NN)c1occc1C. The van der Waals surface area contributed by atoms with Gasteiger partial charge in [-0.05, 0) is 25.0 Å². The van der Waals surface area contributed by atoms with Crippen LogP contribution >= 0.6 is 0 Å². The van der Waals surface area contributed by atoms with Gasteiger partial charge >= 0.3 is 0 Å². The van der Waals surface area contributed by atoms with Crippen molar-refractivity contribution < 1.29 is 4.42 Å². The highest BCUT2D eigenvalue weighted by atomic mass is 16.3. The Morgan fingerprint density at radius 1 is 1.40 bits per heavy atom. The number of hydrogen-bond donors (Lipinski definition) is 2. The third kappa shape index (κ3) is 3.68. The molecule has 0 aliphatic rings. The summed E-state index contributed by atoms with van der Waals surface area (Å²) in [7, 11) is 0. The minimum absolute atomic E-state index is 0.164. The van der Waals surface area contributed by atoms with E-state index in [1.165, 1.54) is 31.2 Å². The second kappa shape index (κ2) is 6.64. The molecule has 0 saturated carbocycles. The number of unbranched alkanes of at least 4 members (excludes halogenated alkanes) is 3. The van der Waals surface area contributed by atoms with Crippen molar-refractivity contribution in [3.63, 3.8) is 0 Å². The highest BCUT2D eigenvalue weighted by Gasteiger charge is 2.14. The molecule has 1 unspecified atom stereocenters. The molecular formula is C12H22N2O. The van der Waals surface area contributed by atoms with Crippen molar-refractivity contribution in [2.75, 3.05) is 0 Å². The number of rotatable bonds is 7. The average Bonchev–Trinajstić information content (AvgIpc) is 2.65. The van der Waals surface area contributed by atoms with Gasteiger partial charge in [0.1, 0.15) is 5.76 Å². The quantitative estimate of drug-likeness (QED) is 0.413. The van der Waals surface area contributed by atoms with Gasteiger partial charge in [0, 0.05) is 0 Å². The smallest absolute Gasteiger partial charge is 0.124 e. The van der Waals surface area contributed by atoms with E-state index in [-0.39, 0.29) is 6.04 Å². The third-order valence-electron chi connectivity index (χ3n) is 2.77. The van der Waals surface area contributed by atoms with E-state index >= 15 is 0 Å². The number of aryl methyl sites for hydroxylation is 1. The summed E-state index contributed by atoms with van der Waals surface area (Å²) in [4.78, 5) is 0. The van der Waals surface area contributed by atoms with Crippen LogP contribution in [0.4, 0.5) is 0 Å². The molecule has 3 heteroatoms. The molecule has 1 heterocycles. The first-order chi connectivity index (χ1) is 7.29. The standard InChI is InChI=1S/C12H22N2O/c1-3-4-5-6-7-11(14-13)12-10(2)8-9-15-12/h8-9,11,14H,3-7,13H2,1-2H3. The van der Waals surface area contributed by atoms with Crippen molar-refractivity contribution in [1.82, 2.24) is 5.43 Å². The molecule has 0 aliphatic carbocycles. The van der Waals surface area contributed by atoms with Crippen LogP contribution in [0, 0.1) is 6.92 Å². The first-order valence-electron chi connectivity index (χ1n) is 5.79. The molecule has 0 spiro atoms. The topological polar surface area (TPSA) is 51.2 Å². The Bertz CT molecular complexity index is 270. The number of nitrogens with one attached hydrogen (secondary N) is 1. The predicted molar refractivity (Wildman–Crippen MR) is 62.3 cm³/mol. The zero-order valence-corrected chi connectivity index (χ0v) is 9.75. The molecule has 0 amide bonds. The van der Waals surface area contributed by atoms with Crippen molar-refractivity contribution in [2.24, 2.45) is 5.84 Å². The van der Waals surface area contributed by atoms with Gasteiger partial charge in [-0.15, -0.1) is 0 Å². The molecule has 0 radical (unpaired) electrons. The lowest BCUT2D eigenvalue weighted by Gasteiger charge is -2.14. The predicted octanol–water partition coefficient (Wildman–Crippen LogP) is 3.06. The van der Waals surface area contributed by atoms with Crippen LogP contribution in [-0.4, -0.2) is 0 Å². The minimum Gasteiger partial charge on any atom is -0.467 e. The van der Waals surface area contributed by atoms with Gasteiger partial charge in [-0.3, -0.25) is 5.84 Å². The van der Waals surface area contributed by atoms with Gasteiger partial charge in [0.15, 0.2) is 0 Å². The van der Waals surface area contributed by atoms with Gasteiger partial charge in [0.25, 0.3) is 0 Å². The van der Waals surface area contributed by atoms with Crippen molar-refractivity contribution in [1.29, 1.82) is 0 Å². The molecule has 1 aromatic rings. The summed E-state index contributed by atoms with van der Waals surface area (Å²) in [5.74, 6) is 6.52. The summed E-state index contributed by atoms with van der Waals surface area (Å²) in [5, 5.41) is 0. The molecule has 86 valence electrons. The fourth-order valence-electron chi connectivity index (χ4n) is 1.81. The van der Waals surface area contributed by atoms with Crippen LogP contribution in [-0.2, 0) is 0 Å². The normalized spacial score (nSPS) is 13.0. The number of hydrazine groups is 1.